The van der Waals surface area contributed by atoms with Crippen LogP contribution in [0.4, 0.5) is 0 Å². The van der Waals surface area contributed by atoms with Crippen LogP contribution in [-0.2, 0) is 18.8 Å². The molecule has 1 N–H and O–H groups in total. The molecular formula is C29H26N4OS. The number of carbonyl (C=O) groups excluding carboxylic acids is 1. The summed E-state index contributed by atoms with van der Waals surface area (Å²) in [6, 6.07) is 28.1. The second-order valence-corrected chi connectivity index (χ2v) is 9.37. The lowest BCUT2D eigenvalue weighted by Crippen LogP contribution is -2.22. The van der Waals surface area contributed by atoms with E-state index in [-0.39, 0.29) is 5.91 Å². The van der Waals surface area contributed by atoms with Gasteiger partial charge in [-0.25, -0.2) is 4.98 Å². The first-order valence-electron chi connectivity index (χ1n) is 11.6. The SMILES string of the molecule is Cc1ccccc1Cn1c(SCc2ccc(C(=O)NCc3ccccc3)cc2)nc2ccncc21. The molecule has 0 spiro atoms. The van der Waals surface area contributed by atoms with E-state index in [9.17, 15) is 4.79 Å². The number of hydrogen-bond acceptors (Lipinski definition) is 4. The molecule has 5 nitrogen and oxygen atoms in total. The number of amides is 1. The Balaban J connectivity index is 1.28. The van der Waals surface area contributed by atoms with Crippen LogP contribution in [0.5, 0.6) is 0 Å². The minimum absolute atomic E-state index is 0.0689. The average Bonchev–Trinajstić information content (AvgIpc) is 3.25. The smallest absolute Gasteiger partial charge is 0.251 e. The number of aromatic nitrogens is 3. The topological polar surface area (TPSA) is 59.8 Å². The summed E-state index contributed by atoms with van der Waals surface area (Å²) in [5.74, 6) is 0.691. The molecule has 0 radical (unpaired) electrons. The van der Waals surface area contributed by atoms with E-state index in [4.69, 9.17) is 4.98 Å². The Kier molecular flexibility index (Phi) is 6.91. The van der Waals surface area contributed by atoms with E-state index in [0.717, 1.165) is 39.6 Å². The number of nitrogens with zero attached hydrogens (tertiary/aromatic N) is 3. The van der Waals surface area contributed by atoms with Gasteiger partial charge in [0.25, 0.3) is 5.91 Å². The molecule has 2 heterocycles. The largest absolute Gasteiger partial charge is 0.348 e. The first-order chi connectivity index (χ1) is 17.2. The number of fused-ring (bicyclic) bond motifs is 1. The predicted octanol–water partition coefficient (Wildman–Crippen LogP) is 6.01. The number of hydrogen-bond donors (Lipinski definition) is 1. The van der Waals surface area contributed by atoms with Gasteiger partial charge in [-0.3, -0.25) is 9.78 Å². The summed E-state index contributed by atoms with van der Waals surface area (Å²) in [5.41, 5.74) is 7.39. The first kappa shape index (κ1) is 22.9. The lowest BCUT2D eigenvalue weighted by atomic mass is 10.1. The molecule has 5 rings (SSSR count). The molecule has 35 heavy (non-hydrogen) atoms. The fourth-order valence-electron chi connectivity index (χ4n) is 3.95. The van der Waals surface area contributed by atoms with Crippen molar-refractivity contribution in [1.29, 1.82) is 0 Å². The highest BCUT2D eigenvalue weighted by atomic mass is 32.2. The zero-order chi connectivity index (χ0) is 24.0. The van der Waals surface area contributed by atoms with Gasteiger partial charge in [-0.05, 0) is 47.4 Å². The van der Waals surface area contributed by atoms with E-state index >= 15 is 0 Å². The summed E-state index contributed by atoms with van der Waals surface area (Å²) in [6.45, 7) is 3.40. The molecule has 0 bridgehead atoms. The maximum Gasteiger partial charge on any atom is 0.251 e. The van der Waals surface area contributed by atoms with Gasteiger partial charge < -0.3 is 9.88 Å². The average molecular weight is 479 g/mol. The third kappa shape index (κ3) is 5.44. The van der Waals surface area contributed by atoms with Crippen molar-refractivity contribution in [2.45, 2.75) is 30.9 Å². The fraction of sp³-hybridized carbons (Fsp3) is 0.138. The quantitative estimate of drug-likeness (QED) is 0.278. The van der Waals surface area contributed by atoms with Gasteiger partial charge in [-0.15, -0.1) is 0 Å². The van der Waals surface area contributed by atoms with Gasteiger partial charge in [0.05, 0.1) is 23.8 Å². The van der Waals surface area contributed by atoms with Crippen LogP contribution in [0.2, 0.25) is 0 Å². The molecule has 0 aliphatic heterocycles. The summed E-state index contributed by atoms with van der Waals surface area (Å²) in [6.07, 6.45) is 3.66. The summed E-state index contributed by atoms with van der Waals surface area (Å²) >= 11 is 1.70. The lowest BCUT2D eigenvalue weighted by Gasteiger charge is -2.11. The van der Waals surface area contributed by atoms with Crippen LogP contribution in [-0.4, -0.2) is 20.4 Å². The van der Waals surface area contributed by atoms with Crippen LogP contribution < -0.4 is 5.32 Å². The van der Waals surface area contributed by atoms with Crippen LogP contribution >= 0.6 is 11.8 Å². The fourth-order valence-corrected chi connectivity index (χ4v) is 4.92. The van der Waals surface area contributed by atoms with Crippen molar-refractivity contribution in [2.75, 3.05) is 0 Å². The lowest BCUT2D eigenvalue weighted by molar-refractivity contribution is 0.0951. The van der Waals surface area contributed by atoms with Crippen LogP contribution in [0, 0.1) is 6.92 Å². The van der Waals surface area contributed by atoms with Crippen molar-refractivity contribution < 1.29 is 4.79 Å². The van der Waals surface area contributed by atoms with Gasteiger partial charge in [0, 0.05) is 24.1 Å². The van der Waals surface area contributed by atoms with Crippen LogP contribution in [0.3, 0.4) is 0 Å². The van der Waals surface area contributed by atoms with Crippen LogP contribution in [0.15, 0.2) is 102 Å². The molecule has 0 unspecified atom stereocenters. The predicted molar refractivity (Wildman–Crippen MR) is 141 cm³/mol. The van der Waals surface area contributed by atoms with Crippen molar-refractivity contribution in [3.63, 3.8) is 0 Å². The molecule has 0 aliphatic rings. The van der Waals surface area contributed by atoms with Gasteiger partial charge in [0.1, 0.15) is 0 Å². The van der Waals surface area contributed by atoms with Crippen molar-refractivity contribution in [3.05, 3.63) is 125 Å². The minimum Gasteiger partial charge on any atom is -0.348 e. The molecule has 174 valence electrons. The maximum absolute atomic E-state index is 12.5. The van der Waals surface area contributed by atoms with E-state index < -0.39 is 0 Å². The van der Waals surface area contributed by atoms with Crippen molar-refractivity contribution in [2.24, 2.45) is 0 Å². The van der Waals surface area contributed by atoms with E-state index in [2.05, 4.69) is 46.1 Å². The van der Waals surface area contributed by atoms with E-state index in [1.54, 1.807) is 18.0 Å². The van der Waals surface area contributed by atoms with Crippen molar-refractivity contribution in [3.8, 4) is 0 Å². The van der Waals surface area contributed by atoms with Crippen LogP contribution in [0.25, 0.3) is 11.0 Å². The Hall–Kier alpha value is -3.90. The van der Waals surface area contributed by atoms with Gasteiger partial charge in [0.15, 0.2) is 5.16 Å². The van der Waals surface area contributed by atoms with Gasteiger partial charge in [-0.1, -0.05) is 78.5 Å². The number of carbonyl (C=O) groups is 1. The Morgan fingerprint density at radius 2 is 1.69 bits per heavy atom. The number of benzene rings is 3. The number of rotatable bonds is 8. The third-order valence-corrected chi connectivity index (χ3v) is 7.03. The first-order valence-corrected chi connectivity index (χ1v) is 12.5. The Labute approximate surface area is 209 Å². The molecular weight excluding hydrogens is 452 g/mol. The number of nitrogens with one attached hydrogen (secondary N) is 1. The maximum atomic E-state index is 12.5. The highest BCUT2D eigenvalue weighted by Gasteiger charge is 2.13. The zero-order valence-electron chi connectivity index (χ0n) is 19.5. The van der Waals surface area contributed by atoms with Gasteiger partial charge in [0.2, 0.25) is 0 Å². The number of thioether (sulfide) groups is 1. The Morgan fingerprint density at radius 1 is 0.914 bits per heavy atom. The molecule has 0 aliphatic carbocycles. The molecule has 0 saturated heterocycles. The molecule has 0 atom stereocenters. The standard InChI is InChI=1S/C29H26N4OS/c1-21-7-5-6-10-25(21)19-33-27-18-30-16-15-26(27)32-29(33)35-20-23-11-13-24(14-12-23)28(34)31-17-22-8-3-2-4-9-22/h2-16,18H,17,19-20H2,1H3,(H,31,34). The third-order valence-electron chi connectivity index (χ3n) is 5.99. The Morgan fingerprint density at radius 3 is 2.49 bits per heavy atom. The van der Waals surface area contributed by atoms with E-state index in [1.165, 1.54) is 11.1 Å². The van der Waals surface area contributed by atoms with Gasteiger partial charge in [-0.2, -0.15) is 0 Å². The molecule has 2 aromatic heterocycles. The summed E-state index contributed by atoms with van der Waals surface area (Å²) < 4.78 is 2.24. The molecule has 0 fully saturated rings. The highest BCUT2D eigenvalue weighted by molar-refractivity contribution is 7.98. The van der Waals surface area contributed by atoms with Crippen LogP contribution in [0.1, 0.15) is 32.6 Å². The molecule has 5 aromatic rings. The highest BCUT2D eigenvalue weighted by Crippen LogP contribution is 2.28. The van der Waals surface area contributed by atoms with Gasteiger partial charge >= 0.3 is 0 Å². The van der Waals surface area contributed by atoms with E-state index in [1.807, 2.05) is 66.9 Å². The number of pyridine rings is 1. The summed E-state index contributed by atoms with van der Waals surface area (Å²) in [4.78, 5) is 21.7. The number of aryl methyl sites for hydroxylation is 1. The second kappa shape index (κ2) is 10.6. The van der Waals surface area contributed by atoms with Crippen molar-refractivity contribution >= 4 is 28.7 Å². The minimum atomic E-state index is -0.0689. The molecule has 3 aromatic carbocycles. The number of imidazole rings is 1. The molecule has 6 heteroatoms. The zero-order valence-corrected chi connectivity index (χ0v) is 20.3. The summed E-state index contributed by atoms with van der Waals surface area (Å²) in [5, 5.41) is 3.94. The molecule has 0 saturated carbocycles. The monoisotopic (exact) mass is 478 g/mol. The molecule has 1 amide bonds. The van der Waals surface area contributed by atoms with Crippen molar-refractivity contribution in [1.82, 2.24) is 19.9 Å². The second-order valence-electron chi connectivity index (χ2n) is 8.43. The summed E-state index contributed by atoms with van der Waals surface area (Å²) in [7, 11) is 0. The van der Waals surface area contributed by atoms with E-state index in [0.29, 0.717) is 12.1 Å². The normalized spacial score (nSPS) is 11.0. The Bertz CT molecular complexity index is 1450.